The number of aryl methyl sites for hydroxylation is 1. The molecule has 0 aliphatic carbocycles. The van der Waals surface area contributed by atoms with E-state index in [0.717, 1.165) is 6.42 Å². The van der Waals surface area contributed by atoms with Crippen molar-refractivity contribution in [3.63, 3.8) is 0 Å². The number of carbonyl (C=O) groups is 1. The van der Waals surface area contributed by atoms with Crippen LogP contribution in [-0.2, 0) is 11.2 Å². The second-order valence-corrected chi connectivity index (χ2v) is 3.29. The Morgan fingerprint density at radius 3 is 2.33 bits per heavy atom. The molecule has 0 unspecified atom stereocenters. The van der Waals surface area contributed by atoms with Crippen LogP contribution in [0.15, 0.2) is 43.0 Å². The predicted molar refractivity (Wildman–Crippen MR) is 65.9 cm³/mol. The Kier molecular flexibility index (Phi) is 8.36. The van der Waals surface area contributed by atoms with Crippen LogP contribution in [0, 0.1) is 0 Å². The molecule has 82 valence electrons. The predicted octanol–water partition coefficient (Wildman–Crippen LogP) is 3.79. The maximum absolute atomic E-state index is 11.0. The van der Waals surface area contributed by atoms with Crippen molar-refractivity contribution in [2.24, 2.45) is 0 Å². The third-order valence-corrected chi connectivity index (χ3v) is 1.93. The Labute approximate surface area is 92.8 Å². The van der Waals surface area contributed by atoms with Crippen LogP contribution in [0.1, 0.15) is 32.3 Å². The molecule has 0 radical (unpaired) electrons. The van der Waals surface area contributed by atoms with E-state index in [1.54, 1.807) is 6.08 Å². The number of rotatable bonds is 4. The molecule has 1 rings (SSSR count). The Morgan fingerprint density at radius 2 is 1.87 bits per heavy atom. The average molecular weight is 204 g/mol. The van der Waals surface area contributed by atoms with E-state index in [9.17, 15) is 4.79 Å². The molecule has 0 aliphatic rings. The largest absolute Gasteiger partial charge is 0.300 e. The Balaban J connectivity index is 0.000000583. The minimum atomic E-state index is 0.346. The molecule has 0 fully saturated rings. The third kappa shape index (κ3) is 7.68. The van der Waals surface area contributed by atoms with Gasteiger partial charge < -0.3 is 0 Å². The lowest BCUT2D eigenvalue weighted by Crippen LogP contribution is -1.97. The van der Waals surface area contributed by atoms with Crippen molar-refractivity contribution < 1.29 is 4.79 Å². The fourth-order valence-corrected chi connectivity index (χ4v) is 1.11. The number of Topliss-reactive ketones (excluding diaryl/α,β-unsaturated/α-hetero) is 1. The summed E-state index contributed by atoms with van der Waals surface area (Å²) in [5.74, 6) is 0.346. The molecule has 1 nitrogen and oxygen atoms in total. The monoisotopic (exact) mass is 204 g/mol. The van der Waals surface area contributed by atoms with E-state index in [1.165, 1.54) is 5.56 Å². The molecule has 0 atom stereocenters. The van der Waals surface area contributed by atoms with Crippen LogP contribution in [0.25, 0.3) is 0 Å². The van der Waals surface area contributed by atoms with Gasteiger partial charge in [0.1, 0.15) is 5.78 Å². The molecule has 0 aliphatic heterocycles. The van der Waals surface area contributed by atoms with Crippen LogP contribution < -0.4 is 0 Å². The lowest BCUT2D eigenvalue weighted by atomic mass is 10.1. The fraction of sp³-hybridized carbons (Fsp3) is 0.357. The Morgan fingerprint density at radius 1 is 1.33 bits per heavy atom. The number of hydrogen-bond acceptors (Lipinski definition) is 1. The first-order chi connectivity index (χ1) is 7.24. The van der Waals surface area contributed by atoms with Crippen LogP contribution in [0.4, 0.5) is 0 Å². The van der Waals surface area contributed by atoms with Crippen LogP contribution in [0.2, 0.25) is 0 Å². The van der Waals surface area contributed by atoms with E-state index in [1.807, 2.05) is 32.0 Å². The molecule has 15 heavy (non-hydrogen) atoms. The van der Waals surface area contributed by atoms with Gasteiger partial charge in [0.25, 0.3) is 0 Å². The van der Waals surface area contributed by atoms with Crippen LogP contribution in [0.5, 0.6) is 0 Å². The topological polar surface area (TPSA) is 17.1 Å². The molecule has 1 aromatic rings. The minimum absolute atomic E-state index is 0.346. The molecule has 0 amide bonds. The van der Waals surface area contributed by atoms with E-state index in [2.05, 4.69) is 18.7 Å². The van der Waals surface area contributed by atoms with Gasteiger partial charge in [0.2, 0.25) is 0 Å². The highest BCUT2D eigenvalue weighted by atomic mass is 16.1. The van der Waals surface area contributed by atoms with Crippen molar-refractivity contribution in [2.45, 2.75) is 33.1 Å². The first-order valence-corrected chi connectivity index (χ1v) is 5.37. The van der Waals surface area contributed by atoms with Gasteiger partial charge in [-0.05, 0) is 18.9 Å². The molecule has 0 N–H and O–H groups in total. The van der Waals surface area contributed by atoms with Crippen molar-refractivity contribution in [3.05, 3.63) is 48.6 Å². The summed E-state index contributed by atoms with van der Waals surface area (Å²) >= 11 is 0. The summed E-state index contributed by atoms with van der Waals surface area (Å²) in [6, 6.07) is 10.1. The normalized spacial score (nSPS) is 8.67. The Hall–Kier alpha value is -1.37. The second kappa shape index (κ2) is 9.20. The average Bonchev–Trinajstić information content (AvgIpc) is 2.28. The summed E-state index contributed by atoms with van der Waals surface area (Å²) < 4.78 is 0. The first kappa shape index (κ1) is 13.6. The number of benzene rings is 1. The van der Waals surface area contributed by atoms with Crippen molar-refractivity contribution in [1.82, 2.24) is 0 Å². The van der Waals surface area contributed by atoms with Crippen LogP contribution in [-0.4, -0.2) is 5.78 Å². The smallest absolute Gasteiger partial charge is 0.132 e. The molecule has 0 saturated carbocycles. The molecular weight excluding hydrogens is 184 g/mol. The molecular formula is C14H20O. The Bertz CT molecular complexity index is 275. The van der Waals surface area contributed by atoms with Gasteiger partial charge in [0.05, 0.1) is 0 Å². The highest BCUT2D eigenvalue weighted by Crippen LogP contribution is 2.03. The first-order valence-electron chi connectivity index (χ1n) is 5.37. The molecule has 0 heterocycles. The summed E-state index contributed by atoms with van der Waals surface area (Å²) in [5, 5.41) is 0. The second-order valence-electron chi connectivity index (χ2n) is 3.29. The zero-order chi connectivity index (χ0) is 11.5. The zero-order valence-electron chi connectivity index (χ0n) is 9.70. The number of ketones is 1. The third-order valence-electron chi connectivity index (χ3n) is 1.93. The minimum Gasteiger partial charge on any atom is -0.300 e. The van der Waals surface area contributed by atoms with Crippen molar-refractivity contribution >= 4 is 5.78 Å². The van der Waals surface area contributed by atoms with Gasteiger partial charge in [-0.1, -0.05) is 43.3 Å². The summed E-state index contributed by atoms with van der Waals surface area (Å²) in [4.78, 5) is 11.0. The van der Waals surface area contributed by atoms with Gasteiger partial charge in [0.15, 0.2) is 0 Å². The summed E-state index contributed by atoms with van der Waals surface area (Å²) in [7, 11) is 0. The summed E-state index contributed by atoms with van der Waals surface area (Å²) in [5.41, 5.74) is 1.25. The molecule has 0 saturated heterocycles. The van der Waals surface area contributed by atoms with Gasteiger partial charge in [-0.25, -0.2) is 0 Å². The van der Waals surface area contributed by atoms with Crippen molar-refractivity contribution in [2.75, 3.05) is 0 Å². The quantitative estimate of drug-likeness (QED) is 0.682. The van der Waals surface area contributed by atoms with E-state index >= 15 is 0 Å². The lowest BCUT2D eigenvalue weighted by molar-refractivity contribution is -0.118. The maximum atomic E-state index is 11.0. The van der Waals surface area contributed by atoms with Crippen molar-refractivity contribution in [1.29, 1.82) is 0 Å². The van der Waals surface area contributed by atoms with Crippen molar-refractivity contribution in [3.8, 4) is 0 Å². The van der Waals surface area contributed by atoms with Gasteiger partial charge in [-0.2, -0.15) is 0 Å². The fourth-order valence-electron chi connectivity index (χ4n) is 1.11. The molecule has 1 heteroatoms. The molecule has 0 spiro atoms. The number of hydrogen-bond donors (Lipinski definition) is 0. The highest BCUT2D eigenvalue weighted by molar-refractivity contribution is 5.78. The van der Waals surface area contributed by atoms with E-state index < -0.39 is 0 Å². The molecule has 1 aromatic carbocycles. The maximum Gasteiger partial charge on any atom is 0.132 e. The lowest BCUT2D eigenvalue weighted by Gasteiger charge is -1.98. The van der Waals surface area contributed by atoms with Gasteiger partial charge >= 0.3 is 0 Å². The molecule has 0 aromatic heterocycles. The van der Waals surface area contributed by atoms with Gasteiger partial charge in [0, 0.05) is 12.8 Å². The zero-order valence-corrected chi connectivity index (χ0v) is 9.70. The van der Waals surface area contributed by atoms with Gasteiger partial charge in [-0.3, -0.25) is 4.79 Å². The highest BCUT2D eigenvalue weighted by Gasteiger charge is 1.98. The number of allylic oxidation sites excluding steroid dienone is 1. The molecule has 0 bridgehead atoms. The standard InChI is InChI=1S/C11H14O.C3H6/c1-2-11(12)9-8-10-6-4-3-5-7-10;1-3-2/h3-7H,2,8-9H2,1H3;3H,1H2,2H3. The van der Waals surface area contributed by atoms with E-state index in [4.69, 9.17) is 0 Å². The summed E-state index contributed by atoms with van der Waals surface area (Å²) in [6.07, 6.45) is 3.97. The SMILES string of the molecule is C=CC.CCC(=O)CCc1ccccc1. The number of carbonyl (C=O) groups excluding carboxylic acids is 1. The van der Waals surface area contributed by atoms with E-state index in [-0.39, 0.29) is 0 Å². The summed E-state index contributed by atoms with van der Waals surface area (Å²) in [6.45, 7) is 7.16. The van der Waals surface area contributed by atoms with E-state index in [0.29, 0.717) is 18.6 Å². The van der Waals surface area contributed by atoms with Crippen LogP contribution >= 0.6 is 0 Å². The van der Waals surface area contributed by atoms with Crippen LogP contribution in [0.3, 0.4) is 0 Å². The van der Waals surface area contributed by atoms with Gasteiger partial charge in [-0.15, -0.1) is 6.58 Å².